The van der Waals surface area contributed by atoms with Crippen LogP contribution in [0.15, 0.2) is 0 Å². The fraction of sp³-hybridized carbons (Fsp3) is 1.00. The largest absolute Gasteiger partial charge is 0.378 e. The third-order valence-corrected chi connectivity index (χ3v) is 2.69. The van der Waals surface area contributed by atoms with Crippen LogP contribution in [0.5, 0.6) is 0 Å². The van der Waals surface area contributed by atoms with Gasteiger partial charge in [0.25, 0.3) is 0 Å². The Labute approximate surface area is 75.7 Å². The lowest BCUT2D eigenvalue weighted by Crippen LogP contribution is -2.22. The van der Waals surface area contributed by atoms with Gasteiger partial charge in [-0.3, -0.25) is 0 Å². The summed E-state index contributed by atoms with van der Waals surface area (Å²) in [5.74, 6) is 0.804. The summed E-state index contributed by atoms with van der Waals surface area (Å²) in [6, 6.07) is 0. The third-order valence-electron chi connectivity index (χ3n) is 2.69. The summed E-state index contributed by atoms with van der Waals surface area (Å²) in [6.45, 7) is 4.38. The van der Waals surface area contributed by atoms with Gasteiger partial charge in [0.05, 0.1) is 6.10 Å². The van der Waals surface area contributed by atoms with Crippen molar-refractivity contribution in [3.8, 4) is 0 Å². The highest BCUT2D eigenvalue weighted by Gasteiger charge is 2.19. The number of ether oxygens (including phenoxy) is 1. The molecular formula is C10H21NO. The van der Waals surface area contributed by atoms with E-state index in [4.69, 9.17) is 4.74 Å². The molecule has 0 aromatic carbocycles. The van der Waals surface area contributed by atoms with Crippen LogP contribution in [0.3, 0.4) is 0 Å². The molecule has 1 saturated heterocycles. The Morgan fingerprint density at radius 1 is 1.58 bits per heavy atom. The van der Waals surface area contributed by atoms with Crippen molar-refractivity contribution in [1.29, 1.82) is 0 Å². The predicted molar refractivity (Wildman–Crippen MR) is 51.3 cm³/mol. The van der Waals surface area contributed by atoms with Gasteiger partial charge in [0.1, 0.15) is 0 Å². The van der Waals surface area contributed by atoms with Crippen LogP contribution in [0.4, 0.5) is 0 Å². The number of hydrogen-bond acceptors (Lipinski definition) is 2. The molecule has 2 heteroatoms. The van der Waals surface area contributed by atoms with Crippen molar-refractivity contribution < 1.29 is 4.74 Å². The van der Waals surface area contributed by atoms with Crippen molar-refractivity contribution >= 4 is 0 Å². The highest BCUT2D eigenvalue weighted by molar-refractivity contribution is 4.70. The van der Waals surface area contributed by atoms with Crippen molar-refractivity contribution in [3.63, 3.8) is 0 Å². The smallest absolute Gasteiger partial charge is 0.0579 e. The molecule has 2 unspecified atom stereocenters. The first-order valence-electron chi connectivity index (χ1n) is 5.13. The average Bonchev–Trinajstić information content (AvgIpc) is 2.56. The van der Waals surface area contributed by atoms with E-state index >= 15 is 0 Å². The second kappa shape index (κ2) is 5.55. The Balaban J connectivity index is 2.16. The quantitative estimate of drug-likeness (QED) is 0.681. The van der Waals surface area contributed by atoms with Gasteiger partial charge in [0.15, 0.2) is 0 Å². The summed E-state index contributed by atoms with van der Waals surface area (Å²) in [6.07, 6.45) is 5.61. The Hall–Kier alpha value is -0.0800. The van der Waals surface area contributed by atoms with Crippen LogP contribution in [0.25, 0.3) is 0 Å². The molecule has 1 aliphatic heterocycles. The van der Waals surface area contributed by atoms with Gasteiger partial charge in [0.2, 0.25) is 0 Å². The first kappa shape index (κ1) is 10.0. The average molecular weight is 171 g/mol. The van der Waals surface area contributed by atoms with Gasteiger partial charge >= 0.3 is 0 Å². The molecule has 12 heavy (non-hydrogen) atoms. The van der Waals surface area contributed by atoms with E-state index in [9.17, 15) is 0 Å². The molecule has 1 fully saturated rings. The standard InChI is InChI=1S/C10H21NO/c1-3-9(8-11-2)7-10-5-4-6-12-10/h9-11H,3-8H2,1-2H3. The topological polar surface area (TPSA) is 21.3 Å². The van der Waals surface area contributed by atoms with Gasteiger partial charge in [-0.1, -0.05) is 13.3 Å². The van der Waals surface area contributed by atoms with Gasteiger partial charge in [-0.15, -0.1) is 0 Å². The van der Waals surface area contributed by atoms with Crippen LogP contribution >= 0.6 is 0 Å². The molecule has 0 aromatic heterocycles. The fourth-order valence-corrected chi connectivity index (χ4v) is 1.89. The normalized spacial score (nSPS) is 26.0. The molecule has 0 aromatic rings. The van der Waals surface area contributed by atoms with Crippen LogP contribution in [-0.4, -0.2) is 26.3 Å². The van der Waals surface area contributed by atoms with Gasteiger partial charge in [-0.05, 0) is 38.8 Å². The zero-order chi connectivity index (χ0) is 8.81. The van der Waals surface area contributed by atoms with E-state index in [0.717, 1.165) is 19.1 Å². The molecule has 72 valence electrons. The van der Waals surface area contributed by atoms with Crippen LogP contribution in [-0.2, 0) is 4.74 Å². The summed E-state index contributed by atoms with van der Waals surface area (Å²) in [4.78, 5) is 0. The summed E-state index contributed by atoms with van der Waals surface area (Å²) >= 11 is 0. The lowest BCUT2D eigenvalue weighted by atomic mass is 9.97. The molecule has 0 saturated carbocycles. The Bertz CT molecular complexity index is 110. The van der Waals surface area contributed by atoms with E-state index in [1.807, 2.05) is 7.05 Å². The van der Waals surface area contributed by atoms with E-state index in [1.165, 1.54) is 25.7 Å². The highest BCUT2D eigenvalue weighted by Crippen LogP contribution is 2.21. The second-order valence-electron chi connectivity index (χ2n) is 3.70. The first-order chi connectivity index (χ1) is 5.86. The fourth-order valence-electron chi connectivity index (χ4n) is 1.89. The maximum absolute atomic E-state index is 5.60. The van der Waals surface area contributed by atoms with E-state index < -0.39 is 0 Å². The third kappa shape index (κ3) is 3.11. The van der Waals surface area contributed by atoms with E-state index in [2.05, 4.69) is 12.2 Å². The number of rotatable bonds is 5. The number of nitrogens with one attached hydrogen (secondary N) is 1. The van der Waals surface area contributed by atoms with Crippen LogP contribution in [0.1, 0.15) is 32.6 Å². The second-order valence-corrected chi connectivity index (χ2v) is 3.70. The molecule has 0 aliphatic carbocycles. The van der Waals surface area contributed by atoms with Crippen molar-refractivity contribution in [2.24, 2.45) is 5.92 Å². The van der Waals surface area contributed by atoms with E-state index in [-0.39, 0.29) is 0 Å². The monoisotopic (exact) mass is 171 g/mol. The van der Waals surface area contributed by atoms with Crippen molar-refractivity contribution in [2.45, 2.75) is 38.7 Å². The Morgan fingerprint density at radius 2 is 2.42 bits per heavy atom. The van der Waals surface area contributed by atoms with Crippen molar-refractivity contribution in [2.75, 3.05) is 20.2 Å². The van der Waals surface area contributed by atoms with Crippen LogP contribution in [0.2, 0.25) is 0 Å². The minimum atomic E-state index is 0.559. The van der Waals surface area contributed by atoms with Crippen molar-refractivity contribution in [3.05, 3.63) is 0 Å². The molecule has 0 spiro atoms. The predicted octanol–water partition coefficient (Wildman–Crippen LogP) is 1.80. The van der Waals surface area contributed by atoms with Gasteiger partial charge in [-0.2, -0.15) is 0 Å². The summed E-state index contributed by atoms with van der Waals surface area (Å²) < 4.78 is 5.60. The van der Waals surface area contributed by atoms with Gasteiger partial charge in [0, 0.05) is 6.61 Å². The van der Waals surface area contributed by atoms with Gasteiger partial charge in [-0.25, -0.2) is 0 Å². The summed E-state index contributed by atoms with van der Waals surface area (Å²) in [5.41, 5.74) is 0. The summed E-state index contributed by atoms with van der Waals surface area (Å²) in [5, 5.41) is 3.24. The van der Waals surface area contributed by atoms with Crippen molar-refractivity contribution in [1.82, 2.24) is 5.32 Å². The Kier molecular flexibility index (Phi) is 4.62. The van der Waals surface area contributed by atoms with E-state index in [0.29, 0.717) is 6.10 Å². The Morgan fingerprint density at radius 3 is 2.92 bits per heavy atom. The van der Waals surface area contributed by atoms with Crippen LogP contribution < -0.4 is 5.32 Å². The molecule has 2 atom stereocenters. The number of hydrogen-bond donors (Lipinski definition) is 1. The molecular weight excluding hydrogens is 150 g/mol. The molecule has 1 N–H and O–H groups in total. The van der Waals surface area contributed by atoms with Crippen LogP contribution in [0, 0.1) is 5.92 Å². The minimum Gasteiger partial charge on any atom is -0.378 e. The lowest BCUT2D eigenvalue weighted by molar-refractivity contribution is 0.0889. The SMILES string of the molecule is CCC(CNC)CC1CCCO1. The van der Waals surface area contributed by atoms with Gasteiger partial charge < -0.3 is 10.1 Å². The lowest BCUT2D eigenvalue weighted by Gasteiger charge is -2.18. The molecule has 0 radical (unpaired) electrons. The maximum atomic E-state index is 5.60. The minimum absolute atomic E-state index is 0.559. The molecule has 1 rings (SSSR count). The molecule has 0 amide bonds. The molecule has 2 nitrogen and oxygen atoms in total. The zero-order valence-electron chi connectivity index (χ0n) is 8.31. The molecule has 1 aliphatic rings. The maximum Gasteiger partial charge on any atom is 0.0579 e. The summed E-state index contributed by atoms with van der Waals surface area (Å²) in [7, 11) is 2.03. The zero-order valence-corrected chi connectivity index (χ0v) is 8.31. The molecule has 1 heterocycles. The van der Waals surface area contributed by atoms with E-state index in [1.54, 1.807) is 0 Å². The highest BCUT2D eigenvalue weighted by atomic mass is 16.5. The molecule has 0 bridgehead atoms. The first-order valence-corrected chi connectivity index (χ1v) is 5.13.